The Hall–Kier alpha value is -0.790. The van der Waals surface area contributed by atoms with E-state index < -0.39 is 12.3 Å². The van der Waals surface area contributed by atoms with E-state index in [2.05, 4.69) is 22.7 Å². The van der Waals surface area contributed by atoms with Crippen molar-refractivity contribution in [1.82, 2.24) is 5.32 Å². The van der Waals surface area contributed by atoms with E-state index >= 15 is 0 Å². The molecule has 6 nitrogen and oxygen atoms in total. The zero-order valence-electron chi connectivity index (χ0n) is 9.09. The maximum Gasteiger partial charge on any atom is 0.294 e. The summed E-state index contributed by atoms with van der Waals surface area (Å²) in [7, 11) is 0. The average molecular weight is 249 g/mol. The molecule has 0 spiro atoms. The van der Waals surface area contributed by atoms with Gasteiger partial charge in [0.25, 0.3) is 6.47 Å². The lowest BCUT2D eigenvalue weighted by Gasteiger charge is -2.11. The summed E-state index contributed by atoms with van der Waals surface area (Å²) in [5.74, 6) is 0.118. The number of hydrogen-bond donors (Lipinski definition) is 4. The summed E-state index contributed by atoms with van der Waals surface area (Å²) in [5.41, 5.74) is 10.9. The van der Waals surface area contributed by atoms with Crippen molar-refractivity contribution in [3.63, 3.8) is 0 Å². The van der Waals surface area contributed by atoms with Gasteiger partial charge in [-0.1, -0.05) is 0 Å². The standard InChI is InChI=1S/C9H19N3O3S/c10-7(5-16)9(14)12-4-2-1-3-8(11)15-6-13/h6-8,16H,1-5,10-11H2,(H,12,14)/t7-,8+/m0/s1. The van der Waals surface area contributed by atoms with Crippen LogP contribution >= 0.6 is 12.6 Å². The number of hydrogen-bond acceptors (Lipinski definition) is 6. The molecule has 2 atom stereocenters. The van der Waals surface area contributed by atoms with Gasteiger partial charge in [-0.15, -0.1) is 0 Å². The Kier molecular flexibility index (Phi) is 8.97. The highest BCUT2D eigenvalue weighted by atomic mass is 32.1. The van der Waals surface area contributed by atoms with Gasteiger partial charge in [0.05, 0.1) is 6.04 Å². The molecule has 5 N–H and O–H groups in total. The van der Waals surface area contributed by atoms with E-state index in [-0.39, 0.29) is 5.91 Å². The van der Waals surface area contributed by atoms with Crippen LogP contribution in [0.1, 0.15) is 19.3 Å². The van der Waals surface area contributed by atoms with Crippen LogP contribution in [0.25, 0.3) is 0 Å². The molecule has 0 aliphatic carbocycles. The molecule has 0 radical (unpaired) electrons. The predicted octanol–water partition coefficient (Wildman–Crippen LogP) is -1.01. The number of amides is 1. The normalized spacial score (nSPS) is 13.9. The second-order valence-electron chi connectivity index (χ2n) is 3.35. The first-order valence-electron chi connectivity index (χ1n) is 5.10. The first-order valence-corrected chi connectivity index (χ1v) is 5.74. The molecule has 0 aromatic carbocycles. The third-order valence-electron chi connectivity index (χ3n) is 1.98. The molecular formula is C9H19N3O3S. The van der Waals surface area contributed by atoms with Crippen molar-refractivity contribution in [2.75, 3.05) is 12.3 Å². The van der Waals surface area contributed by atoms with Crippen LogP contribution in [0, 0.1) is 0 Å². The lowest BCUT2D eigenvalue weighted by Crippen LogP contribution is -2.42. The predicted molar refractivity (Wildman–Crippen MR) is 63.8 cm³/mol. The SMILES string of the molecule is N[C@@H](CCCCNC(=O)[C@@H](N)CS)OC=O. The summed E-state index contributed by atoms with van der Waals surface area (Å²) in [5, 5.41) is 2.68. The molecule has 0 bridgehead atoms. The third-order valence-corrected chi connectivity index (χ3v) is 2.37. The second kappa shape index (κ2) is 9.44. The number of carbonyl (C=O) groups excluding carboxylic acids is 2. The number of rotatable bonds is 9. The second-order valence-corrected chi connectivity index (χ2v) is 3.71. The topological polar surface area (TPSA) is 107 Å². The van der Waals surface area contributed by atoms with Crippen LogP contribution in [0.2, 0.25) is 0 Å². The van der Waals surface area contributed by atoms with Gasteiger partial charge < -0.3 is 15.8 Å². The summed E-state index contributed by atoms with van der Waals surface area (Å²) in [6.45, 7) is 0.867. The Morgan fingerprint density at radius 2 is 2.12 bits per heavy atom. The number of thiol groups is 1. The summed E-state index contributed by atoms with van der Waals surface area (Å²) in [4.78, 5) is 21.1. The van der Waals surface area contributed by atoms with Crippen LogP contribution < -0.4 is 16.8 Å². The maximum absolute atomic E-state index is 11.2. The molecule has 7 heteroatoms. The average Bonchev–Trinajstić information content (AvgIpc) is 2.27. The minimum Gasteiger partial charge on any atom is -0.449 e. The molecule has 0 aliphatic heterocycles. The Balaban J connectivity index is 3.39. The van der Waals surface area contributed by atoms with Crippen molar-refractivity contribution in [2.45, 2.75) is 31.5 Å². The Bertz CT molecular complexity index is 216. The zero-order chi connectivity index (χ0) is 12.4. The monoisotopic (exact) mass is 249 g/mol. The summed E-state index contributed by atoms with van der Waals surface area (Å²) < 4.78 is 4.50. The zero-order valence-corrected chi connectivity index (χ0v) is 9.99. The van der Waals surface area contributed by atoms with Crippen LogP contribution in [0.5, 0.6) is 0 Å². The van der Waals surface area contributed by atoms with Crippen molar-refractivity contribution < 1.29 is 14.3 Å². The van der Waals surface area contributed by atoms with Gasteiger partial charge >= 0.3 is 0 Å². The largest absolute Gasteiger partial charge is 0.449 e. The van der Waals surface area contributed by atoms with Gasteiger partial charge in [0.15, 0.2) is 6.23 Å². The molecule has 0 aliphatic rings. The van der Waals surface area contributed by atoms with E-state index in [0.717, 1.165) is 12.8 Å². The van der Waals surface area contributed by atoms with Crippen LogP contribution in [0.4, 0.5) is 0 Å². The van der Waals surface area contributed by atoms with Crippen LogP contribution in [0.3, 0.4) is 0 Å². The molecule has 0 heterocycles. The number of carbonyl (C=O) groups is 2. The van der Waals surface area contributed by atoms with E-state index in [1.165, 1.54) is 0 Å². The lowest BCUT2D eigenvalue weighted by atomic mass is 10.2. The lowest BCUT2D eigenvalue weighted by molar-refractivity contribution is -0.133. The summed E-state index contributed by atoms with van der Waals surface area (Å²) in [6, 6.07) is -0.566. The first kappa shape index (κ1) is 15.2. The van der Waals surface area contributed by atoms with Gasteiger partial charge in [-0.2, -0.15) is 12.6 Å². The molecule has 0 rings (SSSR count). The fraction of sp³-hybridized carbons (Fsp3) is 0.778. The Morgan fingerprint density at radius 3 is 2.69 bits per heavy atom. The van der Waals surface area contributed by atoms with E-state index in [0.29, 0.717) is 25.2 Å². The Morgan fingerprint density at radius 1 is 1.44 bits per heavy atom. The van der Waals surface area contributed by atoms with E-state index in [1.54, 1.807) is 0 Å². The van der Waals surface area contributed by atoms with Crippen molar-refractivity contribution in [1.29, 1.82) is 0 Å². The van der Waals surface area contributed by atoms with Gasteiger partial charge in [0, 0.05) is 12.3 Å². The molecule has 1 amide bonds. The molecule has 0 unspecified atom stereocenters. The van der Waals surface area contributed by atoms with Gasteiger partial charge in [0.2, 0.25) is 5.91 Å². The molecule has 0 saturated heterocycles. The number of nitrogens with two attached hydrogens (primary N) is 2. The minimum absolute atomic E-state index is 0.205. The number of ether oxygens (including phenoxy) is 1. The maximum atomic E-state index is 11.2. The Labute approximate surface area is 100 Å². The van der Waals surface area contributed by atoms with Gasteiger partial charge in [-0.25, -0.2) is 0 Å². The molecule has 94 valence electrons. The van der Waals surface area contributed by atoms with Crippen molar-refractivity contribution in [2.24, 2.45) is 11.5 Å². The fourth-order valence-corrected chi connectivity index (χ4v) is 1.20. The van der Waals surface area contributed by atoms with Gasteiger partial charge in [-0.05, 0) is 19.3 Å². The molecular weight excluding hydrogens is 230 g/mol. The van der Waals surface area contributed by atoms with Gasteiger partial charge in [-0.3, -0.25) is 15.3 Å². The summed E-state index contributed by atoms with van der Waals surface area (Å²) in [6.07, 6.45) is 1.55. The highest BCUT2D eigenvalue weighted by molar-refractivity contribution is 7.80. The molecule has 16 heavy (non-hydrogen) atoms. The smallest absolute Gasteiger partial charge is 0.294 e. The fourth-order valence-electron chi connectivity index (χ4n) is 1.04. The van der Waals surface area contributed by atoms with E-state index in [4.69, 9.17) is 11.5 Å². The van der Waals surface area contributed by atoms with Crippen molar-refractivity contribution in [3.05, 3.63) is 0 Å². The number of unbranched alkanes of at least 4 members (excludes halogenated alkanes) is 1. The summed E-state index contributed by atoms with van der Waals surface area (Å²) >= 11 is 3.92. The van der Waals surface area contributed by atoms with Crippen molar-refractivity contribution >= 4 is 25.0 Å². The molecule has 0 aromatic heterocycles. The molecule has 0 aromatic rings. The van der Waals surface area contributed by atoms with Crippen LogP contribution in [0.15, 0.2) is 0 Å². The van der Waals surface area contributed by atoms with E-state index in [9.17, 15) is 9.59 Å². The van der Waals surface area contributed by atoms with Gasteiger partial charge in [0.1, 0.15) is 0 Å². The van der Waals surface area contributed by atoms with Crippen molar-refractivity contribution in [3.8, 4) is 0 Å². The van der Waals surface area contributed by atoms with Crippen LogP contribution in [-0.4, -0.2) is 36.9 Å². The third kappa shape index (κ3) is 7.49. The van der Waals surface area contributed by atoms with Crippen LogP contribution in [-0.2, 0) is 14.3 Å². The molecule has 0 saturated carbocycles. The highest BCUT2D eigenvalue weighted by Gasteiger charge is 2.09. The number of nitrogens with one attached hydrogen (secondary N) is 1. The molecule has 0 fully saturated rings. The quantitative estimate of drug-likeness (QED) is 0.181. The minimum atomic E-state index is -0.566. The first-order chi connectivity index (χ1) is 7.61. The highest BCUT2D eigenvalue weighted by Crippen LogP contribution is 1.98. The van der Waals surface area contributed by atoms with E-state index in [1.807, 2.05) is 0 Å².